The van der Waals surface area contributed by atoms with Crippen molar-refractivity contribution < 1.29 is 14.6 Å². The molecule has 0 bridgehead atoms. The SMILES string of the molecule is CC1CC(OC(=O)O)(c2ccccc2)CCN1C. The molecule has 1 N–H and O–H groups in total. The van der Waals surface area contributed by atoms with Crippen LogP contribution in [0.15, 0.2) is 30.3 Å². The maximum atomic E-state index is 11.0. The number of carboxylic acid groups (broad SMARTS) is 1. The number of benzene rings is 1. The van der Waals surface area contributed by atoms with Gasteiger partial charge in [0.05, 0.1) is 0 Å². The second-order valence-corrected chi connectivity index (χ2v) is 5.01. The molecule has 0 saturated carbocycles. The summed E-state index contributed by atoms with van der Waals surface area (Å²) in [7, 11) is 2.06. The summed E-state index contributed by atoms with van der Waals surface area (Å²) in [6.45, 7) is 2.94. The molecule has 1 aliphatic rings. The molecule has 98 valence electrons. The molecule has 18 heavy (non-hydrogen) atoms. The zero-order valence-electron chi connectivity index (χ0n) is 10.8. The van der Waals surface area contributed by atoms with E-state index >= 15 is 0 Å². The van der Waals surface area contributed by atoms with Gasteiger partial charge in [0, 0.05) is 25.4 Å². The second kappa shape index (κ2) is 4.98. The number of hydrogen-bond acceptors (Lipinski definition) is 3. The number of hydrogen-bond donors (Lipinski definition) is 1. The van der Waals surface area contributed by atoms with Crippen LogP contribution in [0.1, 0.15) is 25.3 Å². The van der Waals surface area contributed by atoms with E-state index in [-0.39, 0.29) is 0 Å². The van der Waals surface area contributed by atoms with E-state index in [0.29, 0.717) is 18.9 Å². The average molecular weight is 249 g/mol. The van der Waals surface area contributed by atoms with Gasteiger partial charge in [-0.2, -0.15) is 0 Å². The summed E-state index contributed by atoms with van der Waals surface area (Å²) in [5.41, 5.74) is 0.256. The van der Waals surface area contributed by atoms with E-state index < -0.39 is 11.8 Å². The number of nitrogens with zero attached hydrogens (tertiary/aromatic N) is 1. The van der Waals surface area contributed by atoms with E-state index in [1.165, 1.54) is 0 Å². The molecule has 2 rings (SSSR count). The Morgan fingerprint density at radius 2 is 2.11 bits per heavy atom. The summed E-state index contributed by atoms with van der Waals surface area (Å²) in [6.07, 6.45) is 0.194. The fourth-order valence-electron chi connectivity index (χ4n) is 2.64. The van der Waals surface area contributed by atoms with Gasteiger partial charge in [-0.05, 0) is 19.5 Å². The molecule has 1 heterocycles. The van der Waals surface area contributed by atoms with Gasteiger partial charge < -0.3 is 14.7 Å². The van der Waals surface area contributed by atoms with Crippen molar-refractivity contribution in [3.63, 3.8) is 0 Å². The van der Waals surface area contributed by atoms with Gasteiger partial charge in [-0.3, -0.25) is 0 Å². The lowest BCUT2D eigenvalue weighted by atomic mass is 9.81. The zero-order chi connectivity index (χ0) is 13.2. The third-order valence-electron chi connectivity index (χ3n) is 3.83. The van der Waals surface area contributed by atoms with Crippen LogP contribution in [0.2, 0.25) is 0 Å². The zero-order valence-corrected chi connectivity index (χ0v) is 10.8. The predicted octanol–water partition coefficient (Wildman–Crippen LogP) is 2.69. The first kappa shape index (κ1) is 12.9. The first-order valence-corrected chi connectivity index (χ1v) is 6.21. The third-order valence-corrected chi connectivity index (χ3v) is 3.83. The van der Waals surface area contributed by atoms with E-state index in [1.807, 2.05) is 30.3 Å². The second-order valence-electron chi connectivity index (χ2n) is 5.01. The van der Waals surface area contributed by atoms with Crippen LogP contribution in [-0.4, -0.2) is 35.8 Å². The Bertz CT molecular complexity index is 420. The van der Waals surface area contributed by atoms with Gasteiger partial charge in [0.2, 0.25) is 0 Å². The number of piperidine rings is 1. The molecule has 0 spiro atoms. The smallest absolute Gasteiger partial charge is 0.450 e. The van der Waals surface area contributed by atoms with Crippen LogP contribution in [0, 0.1) is 0 Å². The minimum Gasteiger partial charge on any atom is -0.450 e. The van der Waals surface area contributed by atoms with Gasteiger partial charge in [0.25, 0.3) is 0 Å². The molecule has 4 heteroatoms. The van der Waals surface area contributed by atoms with Gasteiger partial charge in [0.15, 0.2) is 0 Å². The van der Waals surface area contributed by atoms with Crippen LogP contribution in [0.4, 0.5) is 4.79 Å². The van der Waals surface area contributed by atoms with E-state index in [1.54, 1.807) is 0 Å². The molecule has 1 fully saturated rings. The topological polar surface area (TPSA) is 49.8 Å². The minimum absolute atomic E-state index is 0.304. The van der Waals surface area contributed by atoms with Crippen LogP contribution in [0.25, 0.3) is 0 Å². The Morgan fingerprint density at radius 3 is 2.67 bits per heavy atom. The van der Waals surface area contributed by atoms with E-state index in [2.05, 4.69) is 18.9 Å². The quantitative estimate of drug-likeness (QED) is 0.819. The van der Waals surface area contributed by atoms with E-state index in [4.69, 9.17) is 9.84 Å². The summed E-state index contributed by atoms with van der Waals surface area (Å²) in [5, 5.41) is 9.01. The summed E-state index contributed by atoms with van der Waals surface area (Å²) in [4.78, 5) is 13.2. The molecule has 0 aromatic heterocycles. The van der Waals surface area contributed by atoms with Crippen LogP contribution in [0.5, 0.6) is 0 Å². The monoisotopic (exact) mass is 249 g/mol. The number of carbonyl (C=O) groups is 1. The fraction of sp³-hybridized carbons (Fsp3) is 0.500. The van der Waals surface area contributed by atoms with Crippen molar-refractivity contribution in [3.05, 3.63) is 35.9 Å². The molecule has 0 radical (unpaired) electrons. The van der Waals surface area contributed by atoms with E-state index in [9.17, 15) is 4.79 Å². The maximum Gasteiger partial charge on any atom is 0.506 e. The molecule has 1 saturated heterocycles. The molecular formula is C14H19NO3. The molecular weight excluding hydrogens is 230 g/mol. The van der Waals surface area contributed by atoms with Crippen molar-refractivity contribution in [1.82, 2.24) is 4.90 Å². The van der Waals surface area contributed by atoms with Gasteiger partial charge in [-0.1, -0.05) is 30.3 Å². The lowest BCUT2D eigenvalue weighted by Crippen LogP contribution is -2.48. The largest absolute Gasteiger partial charge is 0.506 e. The van der Waals surface area contributed by atoms with Crippen LogP contribution >= 0.6 is 0 Å². The highest BCUT2D eigenvalue weighted by Crippen LogP contribution is 2.38. The first-order valence-electron chi connectivity index (χ1n) is 6.21. The summed E-state index contributed by atoms with van der Waals surface area (Å²) in [5.74, 6) is 0. The third kappa shape index (κ3) is 2.48. The van der Waals surface area contributed by atoms with E-state index in [0.717, 1.165) is 12.1 Å². The Kier molecular flexibility index (Phi) is 3.57. The van der Waals surface area contributed by atoms with Crippen molar-refractivity contribution in [2.45, 2.75) is 31.4 Å². The van der Waals surface area contributed by atoms with Crippen molar-refractivity contribution in [1.29, 1.82) is 0 Å². The Morgan fingerprint density at radius 1 is 1.44 bits per heavy atom. The normalized spacial score (nSPS) is 28.9. The first-order chi connectivity index (χ1) is 8.53. The van der Waals surface area contributed by atoms with Crippen molar-refractivity contribution in [3.8, 4) is 0 Å². The highest BCUT2D eigenvalue weighted by atomic mass is 16.7. The molecule has 0 aliphatic carbocycles. The number of ether oxygens (including phenoxy) is 1. The molecule has 0 amide bonds. The lowest BCUT2D eigenvalue weighted by Gasteiger charge is -2.43. The predicted molar refractivity (Wildman–Crippen MR) is 68.6 cm³/mol. The maximum absolute atomic E-state index is 11.0. The molecule has 2 atom stereocenters. The number of likely N-dealkylation sites (tertiary alicyclic amines) is 1. The van der Waals surface area contributed by atoms with Crippen LogP contribution in [0.3, 0.4) is 0 Å². The van der Waals surface area contributed by atoms with Gasteiger partial charge in [-0.15, -0.1) is 0 Å². The Balaban J connectivity index is 2.33. The summed E-state index contributed by atoms with van der Waals surface area (Å²) >= 11 is 0. The van der Waals surface area contributed by atoms with Gasteiger partial charge in [-0.25, -0.2) is 4.79 Å². The highest BCUT2D eigenvalue weighted by molar-refractivity contribution is 5.58. The molecule has 2 unspecified atom stereocenters. The summed E-state index contributed by atoms with van der Waals surface area (Å²) in [6, 6.07) is 9.97. The Hall–Kier alpha value is -1.55. The highest BCUT2D eigenvalue weighted by Gasteiger charge is 2.42. The van der Waals surface area contributed by atoms with Crippen molar-refractivity contribution in [2.75, 3.05) is 13.6 Å². The average Bonchev–Trinajstić information content (AvgIpc) is 2.34. The fourth-order valence-corrected chi connectivity index (χ4v) is 2.64. The van der Waals surface area contributed by atoms with Crippen LogP contribution in [-0.2, 0) is 10.3 Å². The molecule has 4 nitrogen and oxygen atoms in total. The molecule has 1 aliphatic heterocycles. The molecule has 1 aromatic rings. The van der Waals surface area contributed by atoms with Crippen molar-refractivity contribution >= 4 is 6.16 Å². The van der Waals surface area contributed by atoms with Crippen molar-refractivity contribution in [2.24, 2.45) is 0 Å². The van der Waals surface area contributed by atoms with Crippen LogP contribution < -0.4 is 0 Å². The standard InChI is InChI=1S/C14H19NO3/c1-11-10-14(18-13(16)17,8-9-15(11)2)12-6-4-3-5-7-12/h3-7,11H,8-10H2,1-2H3,(H,16,17). The minimum atomic E-state index is -1.20. The molecule has 1 aromatic carbocycles. The number of rotatable bonds is 2. The Labute approximate surface area is 107 Å². The van der Waals surface area contributed by atoms with Gasteiger partial charge in [0.1, 0.15) is 5.60 Å². The van der Waals surface area contributed by atoms with Gasteiger partial charge >= 0.3 is 6.16 Å². The summed E-state index contributed by atoms with van der Waals surface area (Å²) < 4.78 is 5.27. The lowest BCUT2D eigenvalue weighted by molar-refractivity contribution is -0.0713.